The van der Waals surface area contributed by atoms with Gasteiger partial charge >= 0.3 is 0 Å². The van der Waals surface area contributed by atoms with Gasteiger partial charge in [0, 0.05) is 11.8 Å². The van der Waals surface area contributed by atoms with E-state index in [9.17, 15) is 9.18 Å². The van der Waals surface area contributed by atoms with Crippen LogP contribution in [0.15, 0.2) is 72.9 Å². The van der Waals surface area contributed by atoms with E-state index < -0.39 is 0 Å². The third-order valence-corrected chi connectivity index (χ3v) is 5.84. The average molecular weight is 418 g/mol. The van der Waals surface area contributed by atoms with Crippen LogP contribution >= 0.6 is 11.3 Å². The monoisotopic (exact) mass is 417 g/mol. The van der Waals surface area contributed by atoms with Crippen LogP contribution in [0.5, 0.6) is 0 Å². The predicted molar refractivity (Wildman–Crippen MR) is 119 cm³/mol. The minimum Gasteiger partial charge on any atom is -0.310 e. The van der Waals surface area contributed by atoms with Gasteiger partial charge in [-0.05, 0) is 53.9 Å². The Morgan fingerprint density at radius 2 is 1.80 bits per heavy atom. The van der Waals surface area contributed by atoms with Gasteiger partial charge < -0.3 is 5.32 Å². The van der Waals surface area contributed by atoms with Crippen molar-refractivity contribution in [3.63, 3.8) is 0 Å². The van der Waals surface area contributed by atoms with Crippen molar-refractivity contribution in [2.24, 2.45) is 0 Å². The topological polar surface area (TPSA) is 54.9 Å². The minimum atomic E-state index is -0.279. The molecule has 0 aliphatic rings. The fourth-order valence-corrected chi connectivity index (χ4v) is 4.15. The molecule has 0 fully saturated rings. The highest BCUT2D eigenvalue weighted by atomic mass is 32.1. The summed E-state index contributed by atoms with van der Waals surface area (Å²) in [5.41, 5.74) is 3.52. The molecular formula is C24H20FN3OS. The van der Waals surface area contributed by atoms with E-state index in [0.717, 1.165) is 38.7 Å². The molecule has 1 N–H and O–H groups in total. The Morgan fingerprint density at radius 3 is 2.53 bits per heavy atom. The van der Waals surface area contributed by atoms with Gasteiger partial charge in [-0.3, -0.25) is 4.79 Å². The lowest BCUT2D eigenvalue weighted by Crippen LogP contribution is -2.15. The Bertz CT molecular complexity index is 1160. The standard InChI is InChI=1S/C24H20FN3OS/c1-2-22-28-23(17-8-10-19(25)11-9-17)24(30-22)18-12-13-26-20(15-18)27-21(29)14-16-6-4-3-5-7-16/h3-13,15H,2,14H2,1H3,(H,26,27,29). The van der Waals surface area contributed by atoms with E-state index in [1.54, 1.807) is 29.7 Å². The lowest BCUT2D eigenvalue weighted by Gasteiger charge is -2.07. The molecule has 0 atom stereocenters. The van der Waals surface area contributed by atoms with Gasteiger partial charge in [0.25, 0.3) is 0 Å². The van der Waals surface area contributed by atoms with Crippen LogP contribution in [-0.2, 0) is 17.6 Å². The maximum Gasteiger partial charge on any atom is 0.229 e. The van der Waals surface area contributed by atoms with Crippen LogP contribution in [0.2, 0.25) is 0 Å². The summed E-state index contributed by atoms with van der Waals surface area (Å²) in [5.74, 6) is 0.0895. The number of hydrogen-bond acceptors (Lipinski definition) is 4. The Morgan fingerprint density at radius 1 is 1.03 bits per heavy atom. The largest absolute Gasteiger partial charge is 0.310 e. The molecule has 4 nitrogen and oxygen atoms in total. The molecule has 0 aliphatic heterocycles. The summed E-state index contributed by atoms with van der Waals surface area (Å²) in [4.78, 5) is 22.4. The van der Waals surface area contributed by atoms with Crippen LogP contribution in [0, 0.1) is 5.82 Å². The molecule has 2 heterocycles. The summed E-state index contributed by atoms with van der Waals surface area (Å²) in [6.07, 6.45) is 2.77. The van der Waals surface area contributed by atoms with Gasteiger partial charge in [-0.1, -0.05) is 37.3 Å². The zero-order chi connectivity index (χ0) is 20.9. The second-order valence-corrected chi connectivity index (χ2v) is 7.87. The molecule has 6 heteroatoms. The number of hydrogen-bond donors (Lipinski definition) is 1. The van der Waals surface area contributed by atoms with Gasteiger partial charge in [-0.15, -0.1) is 11.3 Å². The fourth-order valence-electron chi connectivity index (χ4n) is 3.12. The highest BCUT2D eigenvalue weighted by molar-refractivity contribution is 7.15. The van der Waals surface area contributed by atoms with Crippen molar-refractivity contribution in [2.75, 3.05) is 5.32 Å². The van der Waals surface area contributed by atoms with Crippen molar-refractivity contribution in [3.8, 4) is 21.7 Å². The maximum atomic E-state index is 13.4. The second kappa shape index (κ2) is 8.97. The first kappa shape index (κ1) is 19.9. The molecule has 0 unspecified atom stereocenters. The summed E-state index contributed by atoms with van der Waals surface area (Å²) in [7, 11) is 0. The van der Waals surface area contributed by atoms with E-state index in [2.05, 4.69) is 17.2 Å². The quantitative estimate of drug-likeness (QED) is 0.434. The fraction of sp³-hybridized carbons (Fsp3) is 0.125. The summed E-state index contributed by atoms with van der Waals surface area (Å²) >= 11 is 1.60. The third-order valence-electron chi connectivity index (χ3n) is 4.59. The Labute approximate surface area is 178 Å². The lowest BCUT2D eigenvalue weighted by molar-refractivity contribution is -0.115. The van der Waals surface area contributed by atoms with E-state index in [1.807, 2.05) is 42.5 Å². The number of anilines is 1. The van der Waals surface area contributed by atoms with Gasteiger partial charge in [0.15, 0.2) is 0 Å². The minimum absolute atomic E-state index is 0.122. The Hall–Kier alpha value is -3.38. The number of pyridine rings is 1. The number of aromatic nitrogens is 2. The second-order valence-electron chi connectivity index (χ2n) is 6.79. The van der Waals surface area contributed by atoms with Crippen LogP contribution in [0.1, 0.15) is 17.5 Å². The van der Waals surface area contributed by atoms with Crippen LogP contribution in [0.4, 0.5) is 10.2 Å². The highest BCUT2D eigenvalue weighted by Crippen LogP contribution is 2.37. The molecule has 4 aromatic rings. The number of amides is 1. The van der Waals surface area contributed by atoms with Crippen molar-refractivity contribution in [2.45, 2.75) is 19.8 Å². The molecule has 0 aliphatic carbocycles. The Kier molecular flexibility index (Phi) is 5.95. The number of rotatable bonds is 6. The van der Waals surface area contributed by atoms with Crippen LogP contribution in [0.3, 0.4) is 0 Å². The van der Waals surface area contributed by atoms with Gasteiger partial charge in [-0.2, -0.15) is 0 Å². The van der Waals surface area contributed by atoms with E-state index in [0.29, 0.717) is 5.82 Å². The molecule has 150 valence electrons. The molecule has 0 bridgehead atoms. The third kappa shape index (κ3) is 4.60. The van der Waals surface area contributed by atoms with Gasteiger partial charge in [0.05, 0.1) is 22.0 Å². The summed E-state index contributed by atoms with van der Waals surface area (Å²) < 4.78 is 13.4. The molecule has 2 aromatic heterocycles. The number of carbonyl (C=O) groups excluding carboxylic acids is 1. The van der Waals surface area contributed by atoms with Gasteiger partial charge in [0.2, 0.25) is 5.91 Å². The van der Waals surface area contributed by atoms with Crippen molar-refractivity contribution < 1.29 is 9.18 Å². The zero-order valence-corrected chi connectivity index (χ0v) is 17.2. The summed E-state index contributed by atoms with van der Waals surface area (Å²) in [5, 5.41) is 3.87. The number of halogens is 1. The summed E-state index contributed by atoms with van der Waals surface area (Å²) in [6, 6.07) is 19.7. The Balaban J connectivity index is 1.61. The molecule has 1 amide bonds. The maximum absolute atomic E-state index is 13.4. The molecule has 0 spiro atoms. The van der Waals surface area contributed by atoms with Crippen molar-refractivity contribution >= 4 is 23.1 Å². The molecule has 0 saturated heterocycles. The van der Waals surface area contributed by atoms with E-state index in [4.69, 9.17) is 4.98 Å². The normalized spacial score (nSPS) is 10.7. The predicted octanol–water partition coefficient (Wildman–Crippen LogP) is 5.75. The van der Waals surface area contributed by atoms with Crippen molar-refractivity contribution in [1.82, 2.24) is 9.97 Å². The first-order chi connectivity index (χ1) is 14.6. The molecule has 4 rings (SSSR count). The van der Waals surface area contributed by atoms with Crippen LogP contribution in [-0.4, -0.2) is 15.9 Å². The average Bonchev–Trinajstić information content (AvgIpc) is 3.20. The van der Waals surface area contributed by atoms with Crippen LogP contribution in [0.25, 0.3) is 21.7 Å². The SMILES string of the molecule is CCc1nc(-c2ccc(F)cc2)c(-c2ccnc(NC(=O)Cc3ccccc3)c2)s1. The first-order valence-electron chi connectivity index (χ1n) is 9.68. The summed E-state index contributed by atoms with van der Waals surface area (Å²) in [6.45, 7) is 2.05. The zero-order valence-electron chi connectivity index (χ0n) is 16.4. The molecule has 0 saturated carbocycles. The molecule has 0 radical (unpaired) electrons. The number of benzene rings is 2. The smallest absolute Gasteiger partial charge is 0.229 e. The van der Waals surface area contributed by atoms with E-state index >= 15 is 0 Å². The first-order valence-corrected chi connectivity index (χ1v) is 10.5. The van der Waals surface area contributed by atoms with E-state index in [1.165, 1.54) is 12.1 Å². The molecule has 2 aromatic carbocycles. The number of aryl methyl sites for hydroxylation is 1. The van der Waals surface area contributed by atoms with Crippen LogP contribution < -0.4 is 5.32 Å². The number of carbonyl (C=O) groups is 1. The molecular weight excluding hydrogens is 397 g/mol. The van der Waals surface area contributed by atoms with Gasteiger partial charge in [-0.25, -0.2) is 14.4 Å². The van der Waals surface area contributed by atoms with Crippen molar-refractivity contribution in [3.05, 3.63) is 89.3 Å². The highest BCUT2D eigenvalue weighted by Gasteiger charge is 2.15. The number of nitrogens with one attached hydrogen (secondary N) is 1. The van der Waals surface area contributed by atoms with Crippen molar-refractivity contribution in [1.29, 1.82) is 0 Å². The number of nitrogens with zero attached hydrogens (tertiary/aromatic N) is 2. The molecule has 30 heavy (non-hydrogen) atoms. The number of thiazole rings is 1. The van der Waals surface area contributed by atoms with Gasteiger partial charge in [0.1, 0.15) is 11.6 Å². The lowest BCUT2D eigenvalue weighted by atomic mass is 10.1. The van der Waals surface area contributed by atoms with E-state index in [-0.39, 0.29) is 18.1 Å².